The third-order valence-corrected chi connectivity index (χ3v) is 3.59. The Kier molecular flexibility index (Phi) is 4.45. The Morgan fingerprint density at radius 1 is 1.37 bits per heavy atom. The monoisotopic (exact) mass is 266 g/mol. The number of hydrogen-bond donors (Lipinski definition) is 2. The molecule has 0 amide bonds. The highest BCUT2D eigenvalue weighted by Crippen LogP contribution is 2.38. The van der Waals surface area contributed by atoms with Crippen molar-refractivity contribution in [1.82, 2.24) is 15.5 Å². The maximum absolute atomic E-state index is 5.60. The van der Waals surface area contributed by atoms with Gasteiger partial charge in [0.2, 0.25) is 5.89 Å². The highest BCUT2D eigenvalue weighted by Gasteiger charge is 2.31. The van der Waals surface area contributed by atoms with E-state index in [0.717, 1.165) is 13.0 Å². The molecule has 5 nitrogen and oxygen atoms in total. The van der Waals surface area contributed by atoms with Crippen molar-refractivity contribution >= 4 is 6.01 Å². The summed E-state index contributed by atoms with van der Waals surface area (Å²) in [5.41, 5.74) is 0.430. The lowest BCUT2D eigenvalue weighted by molar-refractivity contribution is 0.377. The number of hydrogen-bond acceptors (Lipinski definition) is 5. The summed E-state index contributed by atoms with van der Waals surface area (Å²) in [4.78, 5) is 0. The molecule has 0 spiro atoms. The number of anilines is 1. The Hall–Kier alpha value is -1.10. The zero-order chi connectivity index (χ0) is 13.9. The summed E-state index contributed by atoms with van der Waals surface area (Å²) in [7, 11) is 0. The fourth-order valence-electron chi connectivity index (χ4n) is 2.59. The summed E-state index contributed by atoms with van der Waals surface area (Å²) >= 11 is 0. The van der Waals surface area contributed by atoms with Gasteiger partial charge in [-0.05, 0) is 37.1 Å². The maximum atomic E-state index is 5.60. The van der Waals surface area contributed by atoms with Crippen LogP contribution < -0.4 is 10.6 Å². The number of nitrogens with one attached hydrogen (secondary N) is 2. The van der Waals surface area contributed by atoms with Crippen LogP contribution in [-0.4, -0.2) is 22.8 Å². The van der Waals surface area contributed by atoms with Gasteiger partial charge in [-0.15, -0.1) is 5.10 Å². The van der Waals surface area contributed by atoms with E-state index in [0.29, 0.717) is 35.8 Å². The summed E-state index contributed by atoms with van der Waals surface area (Å²) in [6.45, 7) is 10.6. The van der Waals surface area contributed by atoms with Crippen molar-refractivity contribution in [2.45, 2.75) is 59.5 Å². The van der Waals surface area contributed by atoms with Crippen molar-refractivity contribution in [2.24, 2.45) is 11.3 Å². The molecule has 1 saturated carbocycles. The summed E-state index contributed by atoms with van der Waals surface area (Å²) < 4.78 is 5.60. The van der Waals surface area contributed by atoms with E-state index >= 15 is 0 Å². The largest absolute Gasteiger partial charge is 0.407 e. The normalized spacial score (nSPS) is 22.1. The minimum absolute atomic E-state index is 0.430. The molecule has 1 unspecified atom stereocenters. The zero-order valence-corrected chi connectivity index (χ0v) is 12.5. The van der Waals surface area contributed by atoms with Crippen molar-refractivity contribution < 1.29 is 4.42 Å². The lowest BCUT2D eigenvalue weighted by Crippen LogP contribution is -2.19. The van der Waals surface area contributed by atoms with Gasteiger partial charge in [0.15, 0.2) is 0 Å². The van der Waals surface area contributed by atoms with Gasteiger partial charge in [0.05, 0.1) is 6.54 Å². The predicted molar refractivity (Wildman–Crippen MR) is 75.9 cm³/mol. The molecule has 5 heteroatoms. The molecule has 19 heavy (non-hydrogen) atoms. The van der Waals surface area contributed by atoms with E-state index in [1.807, 2.05) is 0 Å². The van der Waals surface area contributed by atoms with Crippen molar-refractivity contribution in [3.8, 4) is 0 Å². The van der Waals surface area contributed by atoms with Crippen molar-refractivity contribution in [1.29, 1.82) is 0 Å². The Morgan fingerprint density at radius 3 is 2.79 bits per heavy atom. The van der Waals surface area contributed by atoms with Crippen LogP contribution in [0, 0.1) is 11.3 Å². The van der Waals surface area contributed by atoms with Gasteiger partial charge in [-0.25, -0.2) is 0 Å². The van der Waals surface area contributed by atoms with Gasteiger partial charge in [-0.1, -0.05) is 32.8 Å². The maximum Gasteiger partial charge on any atom is 0.315 e. The van der Waals surface area contributed by atoms with Crippen LogP contribution >= 0.6 is 0 Å². The van der Waals surface area contributed by atoms with Crippen molar-refractivity contribution in [3.05, 3.63) is 5.89 Å². The van der Waals surface area contributed by atoms with Gasteiger partial charge >= 0.3 is 6.01 Å². The number of rotatable bonds is 6. The van der Waals surface area contributed by atoms with E-state index in [1.165, 1.54) is 12.8 Å². The van der Waals surface area contributed by atoms with E-state index in [2.05, 4.69) is 48.5 Å². The van der Waals surface area contributed by atoms with E-state index in [9.17, 15) is 0 Å². The van der Waals surface area contributed by atoms with Crippen LogP contribution in [0.3, 0.4) is 0 Å². The molecule has 0 saturated heterocycles. The minimum Gasteiger partial charge on any atom is -0.407 e. The van der Waals surface area contributed by atoms with Crippen LogP contribution in [-0.2, 0) is 6.54 Å². The highest BCUT2D eigenvalue weighted by molar-refractivity contribution is 5.20. The first-order chi connectivity index (χ1) is 8.94. The van der Waals surface area contributed by atoms with Gasteiger partial charge in [-0.3, -0.25) is 0 Å². The molecule has 2 rings (SSSR count). The standard InChI is InChI=1S/C14H26N4O/c1-10(2)8-15-9-12-17-18-13(19-12)16-11-5-6-14(3,4)7-11/h10-11,15H,5-9H2,1-4H3,(H,16,18). The number of aromatic nitrogens is 2. The lowest BCUT2D eigenvalue weighted by Gasteiger charge is -2.16. The predicted octanol–water partition coefficient (Wildman–Crippen LogP) is 2.81. The van der Waals surface area contributed by atoms with Crippen LogP contribution in [0.15, 0.2) is 4.42 Å². The SMILES string of the molecule is CC(C)CNCc1nnc(NC2CCC(C)(C)C2)o1. The molecule has 1 fully saturated rings. The molecule has 0 bridgehead atoms. The minimum atomic E-state index is 0.430. The topological polar surface area (TPSA) is 63.0 Å². The second-order valence-corrected chi connectivity index (χ2v) is 6.77. The molecule has 1 atom stereocenters. The third-order valence-electron chi connectivity index (χ3n) is 3.59. The fourth-order valence-corrected chi connectivity index (χ4v) is 2.59. The Balaban J connectivity index is 1.78. The average Bonchev–Trinajstić information content (AvgIpc) is 2.86. The Labute approximate surface area is 115 Å². The van der Waals surface area contributed by atoms with Gasteiger partial charge in [0.1, 0.15) is 0 Å². The molecule has 1 heterocycles. The smallest absolute Gasteiger partial charge is 0.315 e. The summed E-state index contributed by atoms with van der Waals surface area (Å²) in [5, 5.41) is 14.8. The van der Waals surface area contributed by atoms with E-state index in [1.54, 1.807) is 0 Å². The van der Waals surface area contributed by atoms with Crippen LogP contribution in [0.1, 0.15) is 52.8 Å². The molecular formula is C14H26N4O. The molecular weight excluding hydrogens is 240 g/mol. The summed E-state index contributed by atoms with van der Waals surface area (Å²) in [6, 6.07) is 1.02. The highest BCUT2D eigenvalue weighted by atomic mass is 16.4. The Morgan fingerprint density at radius 2 is 2.16 bits per heavy atom. The molecule has 1 aromatic rings. The molecule has 0 aliphatic heterocycles. The van der Waals surface area contributed by atoms with Crippen LogP contribution in [0.2, 0.25) is 0 Å². The molecule has 1 aromatic heterocycles. The van der Waals surface area contributed by atoms with Gasteiger partial charge in [-0.2, -0.15) is 0 Å². The molecule has 1 aliphatic rings. The first kappa shape index (κ1) is 14.3. The lowest BCUT2D eigenvalue weighted by atomic mass is 9.92. The van der Waals surface area contributed by atoms with E-state index in [-0.39, 0.29) is 0 Å². The van der Waals surface area contributed by atoms with Crippen molar-refractivity contribution in [2.75, 3.05) is 11.9 Å². The molecule has 0 radical (unpaired) electrons. The van der Waals surface area contributed by atoms with Crippen LogP contribution in [0.5, 0.6) is 0 Å². The van der Waals surface area contributed by atoms with Crippen LogP contribution in [0.4, 0.5) is 6.01 Å². The van der Waals surface area contributed by atoms with E-state index in [4.69, 9.17) is 4.42 Å². The van der Waals surface area contributed by atoms with E-state index < -0.39 is 0 Å². The second-order valence-electron chi connectivity index (χ2n) is 6.77. The average molecular weight is 266 g/mol. The first-order valence-electron chi connectivity index (χ1n) is 7.24. The Bertz CT molecular complexity index is 400. The third kappa shape index (κ3) is 4.49. The number of nitrogens with zero attached hydrogens (tertiary/aromatic N) is 2. The van der Waals surface area contributed by atoms with Crippen LogP contribution in [0.25, 0.3) is 0 Å². The van der Waals surface area contributed by atoms with Crippen molar-refractivity contribution in [3.63, 3.8) is 0 Å². The molecule has 1 aliphatic carbocycles. The quantitative estimate of drug-likeness (QED) is 0.829. The second kappa shape index (κ2) is 5.90. The fraction of sp³-hybridized carbons (Fsp3) is 0.857. The van der Waals surface area contributed by atoms with Gasteiger partial charge in [0, 0.05) is 6.04 Å². The summed E-state index contributed by atoms with van der Waals surface area (Å²) in [6.07, 6.45) is 3.59. The first-order valence-corrected chi connectivity index (χ1v) is 7.24. The summed E-state index contributed by atoms with van der Waals surface area (Å²) in [5.74, 6) is 1.28. The zero-order valence-electron chi connectivity index (χ0n) is 12.5. The molecule has 0 aromatic carbocycles. The molecule has 108 valence electrons. The molecule has 2 N–H and O–H groups in total. The van der Waals surface area contributed by atoms with Gasteiger partial charge in [0.25, 0.3) is 0 Å². The van der Waals surface area contributed by atoms with Gasteiger partial charge < -0.3 is 15.1 Å².